The summed E-state index contributed by atoms with van der Waals surface area (Å²) in [6.45, 7) is 4.26. The second kappa shape index (κ2) is 8.08. The van der Waals surface area contributed by atoms with E-state index in [1.54, 1.807) is 0 Å². The van der Waals surface area contributed by atoms with Crippen LogP contribution in [0.1, 0.15) is 82.8 Å². The minimum absolute atomic E-state index is 0.0326. The summed E-state index contributed by atoms with van der Waals surface area (Å²) < 4.78 is 20.4. The Morgan fingerprint density at radius 1 is 1.31 bits per heavy atom. The Hall–Kier alpha value is -1.42. The first-order chi connectivity index (χ1) is 12.5. The number of unbranched alkanes of at least 4 members (excludes halogenated alkanes) is 2. The van der Waals surface area contributed by atoms with Gasteiger partial charge in [-0.15, -0.1) is 0 Å². The number of carbonyl (C=O) groups excluding carboxylic acids is 1. The molecule has 3 atom stereocenters. The smallest absolute Gasteiger partial charge is 0.311 e. The van der Waals surface area contributed by atoms with Gasteiger partial charge in [0.05, 0.1) is 0 Å². The van der Waals surface area contributed by atoms with Gasteiger partial charge >= 0.3 is 5.97 Å². The Labute approximate surface area is 156 Å². The van der Waals surface area contributed by atoms with Crippen molar-refractivity contribution in [3.05, 3.63) is 29.1 Å². The fraction of sp³-hybridized carbons (Fsp3) is 0.682. The van der Waals surface area contributed by atoms with Crippen LogP contribution in [0.5, 0.6) is 5.75 Å². The lowest BCUT2D eigenvalue weighted by molar-refractivity contribution is -0.134. The highest BCUT2D eigenvalue weighted by Gasteiger charge is 2.45. The van der Waals surface area contributed by atoms with Crippen LogP contribution in [0.2, 0.25) is 0 Å². The molecule has 1 aromatic carbocycles. The van der Waals surface area contributed by atoms with Crippen molar-refractivity contribution in [1.82, 2.24) is 0 Å². The van der Waals surface area contributed by atoms with Crippen molar-refractivity contribution >= 4 is 5.97 Å². The van der Waals surface area contributed by atoms with E-state index in [9.17, 15) is 9.18 Å². The third kappa shape index (κ3) is 3.80. The van der Waals surface area contributed by atoms with Crippen LogP contribution in [-0.2, 0) is 16.6 Å². The maximum atomic E-state index is 14.9. The highest BCUT2D eigenvalue weighted by Crippen LogP contribution is 2.47. The number of hydrogen-bond donors (Lipinski definition) is 1. The number of nitrogens with two attached hydrogens (primary N) is 1. The Morgan fingerprint density at radius 2 is 2.12 bits per heavy atom. The molecule has 4 heteroatoms. The molecule has 0 aliphatic heterocycles. The Kier molecular flexibility index (Phi) is 6.01. The van der Waals surface area contributed by atoms with E-state index in [1.165, 1.54) is 18.9 Å². The first-order valence-corrected chi connectivity index (χ1v) is 10.2. The highest BCUT2D eigenvalue weighted by atomic mass is 19.1. The second-order valence-electron chi connectivity index (χ2n) is 8.37. The minimum Gasteiger partial charge on any atom is -0.426 e. The molecule has 2 aliphatic rings. The molecule has 3 rings (SSSR count). The van der Waals surface area contributed by atoms with Gasteiger partial charge in [-0.2, -0.15) is 0 Å². The van der Waals surface area contributed by atoms with Crippen LogP contribution in [-0.4, -0.2) is 12.0 Å². The number of esters is 1. The van der Waals surface area contributed by atoms with Gasteiger partial charge in [-0.1, -0.05) is 46.0 Å². The van der Waals surface area contributed by atoms with Crippen LogP contribution in [0.4, 0.5) is 4.39 Å². The summed E-state index contributed by atoms with van der Waals surface area (Å²) in [5, 5.41) is 0. The number of halogens is 1. The zero-order chi connectivity index (χ0) is 18.7. The molecule has 0 saturated heterocycles. The number of rotatable bonds is 5. The van der Waals surface area contributed by atoms with E-state index >= 15 is 0 Å². The van der Waals surface area contributed by atoms with Crippen molar-refractivity contribution in [3.63, 3.8) is 0 Å². The standard InChI is InChI=1S/C22H32FNO2/c1-3-4-6-10-20(25)26-16-13-18-17(19(23)14-16)12-15-9-7-5-8-11-22(18,2)21(15)24/h13-15,21H,3-12,24H2,1-2H3/t15-,21-,22+/m0/s1. The summed E-state index contributed by atoms with van der Waals surface area (Å²) in [7, 11) is 0. The molecule has 0 aromatic heterocycles. The molecule has 3 nitrogen and oxygen atoms in total. The lowest BCUT2D eigenvalue weighted by Gasteiger charge is -2.47. The van der Waals surface area contributed by atoms with Crippen molar-refractivity contribution in [1.29, 1.82) is 0 Å². The zero-order valence-electron chi connectivity index (χ0n) is 16.2. The average molecular weight is 362 g/mol. The Morgan fingerprint density at radius 3 is 2.88 bits per heavy atom. The summed E-state index contributed by atoms with van der Waals surface area (Å²) in [5.74, 6) is 0.141. The predicted octanol–water partition coefficient (Wildman–Crippen LogP) is 5.03. The van der Waals surface area contributed by atoms with E-state index in [0.717, 1.165) is 49.7 Å². The number of hydrogen-bond acceptors (Lipinski definition) is 3. The third-order valence-electron chi connectivity index (χ3n) is 6.48. The number of benzene rings is 1. The van der Waals surface area contributed by atoms with Crippen molar-refractivity contribution in [2.45, 2.75) is 89.5 Å². The largest absolute Gasteiger partial charge is 0.426 e. The molecule has 0 spiro atoms. The fourth-order valence-electron chi connectivity index (χ4n) is 4.84. The molecule has 2 N–H and O–H groups in total. The van der Waals surface area contributed by atoms with Crippen molar-refractivity contribution in [3.8, 4) is 5.75 Å². The molecular weight excluding hydrogens is 329 g/mol. The van der Waals surface area contributed by atoms with Crippen molar-refractivity contribution < 1.29 is 13.9 Å². The molecule has 0 unspecified atom stereocenters. The van der Waals surface area contributed by atoms with Crippen molar-refractivity contribution in [2.75, 3.05) is 0 Å². The summed E-state index contributed by atoms with van der Waals surface area (Å²) in [5.41, 5.74) is 8.15. The van der Waals surface area contributed by atoms with E-state index in [2.05, 4.69) is 13.8 Å². The van der Waals surface area contributed by atoms with Crippen LogP contribution in [0.15, 0.2) is 12.1 Å². The Balaban J connectivity index is 1.88. The second-order valence-corrected chi connectivity index (χ2v) is 8.37. The molecule has 0 radical (unpaired) electrons. The summed E-state index contributed by atoms with van der Waals surface area (Å²) in [4.78, 5) is 12.1. The van der Waals surface area contributed by atoms with E-state index in [0.29, 0.717) is 24.5 Å². The van der Waals surface area contributed by atoms with Crippen LogP contribution < -0.4 is 10.5 Å². The Bertz CT molecular complexity index is 660. The normalized spacial score (nSPS) is 28.0. The molecule has 2 bridgehead atoms. The average Bonchev–Trinajstić information content (AvgIpc) is 2.59. The maximum absolute atomic E-state index is 14.9. The monoisotopic (exact) mass is 361 g/mol. The van der Waals surface area contributed by atoms with Gasteiger partial charge in [0.2, 0.25) is 0 Å². The quantitative estimate of drug-likeness (QED) is 0.454. The molecule has 144 valence electrons. The fourth-order valence-corrected chi connectivity index (χ4v) is 4.84. The van der Waals surface area contributed by atoms with Gasteiger partial charge < -0.3 is 10.5 Å². The first kappa shape index (κ1) is 19.3. The molecule has 2 aliphatic carbocycles. The summed E-state index contributed by atoms with van der Waals surface area (Å²) in [6, 6.07) is 3.30. The lowest BCUT2D eigenvalue weighted by atomic mass is 9.60. The van der Waals surface area contributed by atoms with E-state index < -0.39 is 0 Å². The minimum atomic E-state index is -0.279. The van der Waals surface area contributed by atoms with Crippen LogP contribution in [0.3, 0.4) is 0 Å². The zero-order valence-corrected chi connectivity index (χ0v) is 16.2. The van der Waals surface area contributed by atoms with Gasteiger partial charge in [0.1, 0.15) is 11.6 Å². The van der Waals surface area contributed by atoms with Crippen LogP contribution >= 0.6 is 0 Å². The SMILES string of the molecule is CCCCCC(=O)Oc1cc(F)c2c(c1)[C@@]1(C)CCCCC[C@@H](C2)[C@@H]1N. The van der Waals surface area contributed by atoms with Gasteiger partial charge in [-0.25, -0.2) is 4.39 Å². The summed E-state index contributed by atoms with van der Waals surface area (Å²) in [6.07, 6.45) is 9.48. The number of carbonyl (C=O) groups is 1. The first-order valence-electron chi connectivity index (χ1n) is 10.2. The van der Waals surface area contributed by atoms with Gasteiger partial charge in [0.25, 0.3) is 0 Å². The molecule has 0 amide bonds. The summed E-state index contributed by atoms with van der Waals surface area (Å²) >= 11 is 0. The van der Waals surface area contributed by atoms with E-state index in [4.69, 9.17) is 10.5 Å². The third-order valence-corrected chi connectivity index (χ3v) is 6.48. The predicted molar refractivity (Wildman–Crippen MR) is 102 cm³/mol. The van der Waals surface area contributed by atoms with Gasteiger partial charge in [0, 0.05) is 23.9 Å². The highest BCUT2D eigenvalue weighted by molar-refractivity contribution is 5.72. The number of fused-ring (bicyclic) bond motifs is 4. The molecule has 26 heavy (non-hydrogen) atoms. The van der Waals surface area contributed by atoms with Gasteiger partial charge in [-0.05, 0) is 48.8 Å². The van der Waals surface area contributed by atoms with Crippen LogP contribution in [0, 0.1) is 11.7 Å². The molecule has 0 heterocycles. The maximum Gasteiger partial charge on any atom is 0.311 e. The van der Waals surface area contributed by atoms with Crippen LogP contribution in [0.25, 0.3) is 0 Å². The molecule has 1 saturated carbocycles. The van der Waals surface area contributed by atoms with Gasteiger partial charge in [-0.3, -0.25) is 4.79 Å². The van der Waals surface area contributed by atoms with Gasteiger partial charge in [0.15, 0.2) is 0 Å². The topological polar surface area (TPSA) is 52.3 Å². The lowest BCUT2D eigenvalue weighted by Crippen LogP contribution is -2.53. The molecular formula is C22H32FNO2. The van der Waals surface area contributed by atoms with Crippen molar-refractivity contribution in [2.24, 2.45) is 11.7 Å². The van der Waals surface area contributed by atoms with E-state index in [1.807, 2.05) is 6.07 Å². The van der Waals surface area contributed by atoms with E-state index in [-0.39, 0.29) is 23.2 Å². The molecule has 1 aromatic rings. The number of ether oxygens (including phenoxy) is 1. The molecule has 1 fully saturated rings.